The van der Waals surface area contributed by atoms with Crippen LogP contribution in [-0.4, -0.2) is 32.3 Å². The molecule has 1 aromatic carbocycles. The largest absolute Gasteiger partial charge is 0.494 e. The molecule has 0 radical (unpaired) electrons. The number of benzene rings is 1. The van der Waals surface area contributed by atoms with Gasteiger partial charge in [-0.25, -0.2) is 0 Å². The molecular weight excluding hydrogens is 254 g/mol. The number of para-hydroxylation sites is 1. The molecule has 0 aliphatic heterocycles. The summed E-state index contributed by atoms with van der Waals surface area (Å²) in [5, 5.41) is 3.20. The fourth-order valence-corrected chi connectivity index (χ4v) is 3.19. The maximum atomic E-state index is 12.1. The van der Waals surface area contributed by atoms with E-state index in [4.69, 9.17) is 9.47 Å². The molecule has 0 aromatic heterocycles. The summed E-state index contributed by atoms with van der Waals surface area (Å²) in [4.78, 5) is 12.1. The van der Waals surface area contributed by atoms with Gasteiger partial charge in [-0.15, -0.1) is 0 Å². The lowest BCUT2D eigenvalue weighted by atomic mass is 9.85. The zero-order valence-corrected chi connectivity index (χ0v) is 12.2. The van der Waals surface area contributed by atoms with Gasteiger partial charge in [0.15, 0.2) is 0 Å². The minimum absolute atomic E-state index is 0.151. The summed E-state index contributed by atoms with van der Waals surface area (Å²) in [7, 11) is 3.30. The Bertz CT molecular complexity index is 435. The predicted molar refractivity (Wildman–Crippen MR) is 77.7 cm³/mol. The third-order valence-electron chi connectivity index (χ3n) is 4.29. The monoisotopic (exact) mass is 277 g/mol. The van der Waals surface area contributed by atoms with Crippen LogP contribution in [0.3, 0.4) is 0 Å². The van der Waals surface area contributed by atoms with Gasteiger partial charge in [-0.3, -0.25) is 4.79 Å². The molecule has 4 heteroatoms. The summed E-state index contributed by atoms with van der Waals surface area (Å²) in [6.07, 6.45) is 3.77. The lowest BCUT2D eigenvalue weighted by Gasteiger charge is -2.32. The van der Waals surface area contributed by atoms with E-state index in [2.05, 4.69) is 5.32 Å². The number of likely N-dealkylation sites (N-methyl/N-ethyl adjacent to an activating group) is 1. The average molecular weight is 277 g/mol. The van der Waals surface area contributed by atoms with E-state index in [-0.39, 0.29) is 11.9 Å². The van der Waals surface area contributed by atoms with Crippen molar-refractivity contribution < 1.29 is 14.3 Å². The Morgan fingerprint density at radius 2 is 2.15 bits per heavy atom. The highest BCUT2D eigenvalue weighted by Crippen LogP contribution is 2.38. The molecule has 20 heavy (non-hydrogen) atoms. The summed E-state index contributed by atoms with van der Waals surface area (Å²) in [6.45, 7) is 0.620. The van der Waals surface area contributed by atoms with Crippen molar-refractivity contribution in [1.29, 1.82) is 0 Å². The maximum absolute atomic E-state index is 12.1. The van der Waals surface area contributed by atoms with Crippen LogP contribution in [-0.2, 0) is 9.53 Å². The lowest BCUT2D eigenvalue weighted by Crippen LogP contribution is -2.54. The van der Waals surface area contributed by atoms with Gasteiger partial charge in [0.2, 0.25) is 0 Å². The first-order chi connectivity index (χ1) is 9.73. The molecule has 110 valence electrons. The Labute approximate surface area is 120 Å². The van der Waals surface area contributed by atoms with Crippen molar-refractivity contribution in [2.75, 3.05) is 20.8 Å². The third-order valence-corrected chi connectivity index (χ3v) is 4.29. The van der Waals surface area contributed by atoms with Crippen molar-refractivity contribution in [2.45, 2.75) is 31.2 Å². The van der Waals surface area contributed by atoms with Crippen molar-refractivity contribution >= 4 is 5.97 Å². The van der Waals surface area contributed by atoms with Crippen LogP contribution in [0.5, 0.6) is 5.75 Å². The van der Waals surface area contributed by atoms with E-state index >= 15 is 0 Å². The summed E-state index contributed by atoms with van der Waals surface area (Å²) < 4.78 is 10.7. The molecule has 0 spiro atoms. The number of ether oxygens (including phenoxy) is 2. The second-order valence-electron chi connectivity index (χ2n) is 5.25. The van der Waals surface area contributed by atoms with E-state index in [1.165, 1.54) is 7.11 Å². The summed E-state index contributed by atoms with van der Waals surface area (Å²) in [5.41, 5.74) is -0.533. The fourth-order valence-electron chi connectivity index (χ4n) is 3.19. The minimum Gasteiger partial charge on any atom is -0.494 e. The number of rotatable bonds is 6. The molecule has 1 aliphatic rings. The zero-order chi connectivity index (χ0) is 14.4. The molecule has 0 heterocycles. The minimum atomic E-state index is -0.533. The number of methoxy groups -OCH3 is 1. The van der Waals surface area contributed by atoms with Crippen LogP contribution in [0.25, 0.3) is 0 Å². The Morgan fingerprint density at radius 1 is 1.40 bits per heavy atom. The Balaban J connectivity index is 1.92. The quantitative estimate of drug-likeness (QED) is 0.811. The maximum Gasteiger partial charge on any atom is 0.326 e. The molecule has 1 aromatic rings. The van der Waals surface area contributed by atoms with Gasteiger partial charge in [0.05, 0.1) is 13.7 Å². The van der Waals surface area contributed by atoms with Gasteiger partial charge in [0.1, 0.15) is 11.3 Å². The van der Waals surface area contributed by atoms with Crippen LogP contribution in [0.4, 0.5) is 0 Å². The molecule has 0 amide bonds. The SMILES string of the molecule is CNC1(C(=O)OC)CCCC1CCOc1ccccc1. The molecule has 1 N–H and O–H groups in total. The van der Waals surface area contributed by atoms with E-state index in [1.807, 2.05) is 37.4 Å². The molecule has 4 nitrogen and oxygen atoms in total. The van der Waals surface area contributed by atoms with E-state index < -0.39 is 5.54 Å². The second kappa shape index (κ2) is 6.75. The van der Waals surface area contributed by atoms with Crippen LogP contribution in [0, 0.1) is 5.92 Å². The first-order valence-corrected chi connectivity index (χ1v) is 7.18. The normalized spacial score (nSPS) is 25.4. The van der Waals surface area contributed by atoms with E-state index in [0.717, 1.165) is 31.4 Å². The van der Waals surface area contributed by atoms with Gasteiger partial charge in [0.25, 0.3) is 0 Å². The van der Waals surface area contributed by atoms with Crippen LogP contribution in [0.15, 0.2) is 30.3 Å². The lowest BCUT2D eigenvalue weighted by molar-refractivity contribution is -0.150. The first kappa shape index (κ1) is 14.9. The van der Waals surface area contributed by atoms with Gasteiger partial charge in [-0.05, 0) is 44.4 Å². The number of carbonyl (C=O) groups excluding carboxylic acids is 1. The van der Waals surface area contributed by atoms with Crippen molar-refractivity contribution in [3.8, 4) is 5.75 Å². The molecule has 0 saturated heterocycles. The van der Waals surface area contributed by atoms with Crippen LogP contribution in [0.1, 0.15) is 25.7 Å². The average Bonchev–Trinajstić information content (AvgIpc) is 2.91. The molecule has 2 rings (SSSR count). The van der Waals surface area contributed by atoms with Gasteiger partial charge in [0, 0.05) is 0 Å². The van der Waals surface area contributed by atoms with Gasteiger partial charge < -0.3 is 14.8 Å². The van der Waals surface area contributed by atoms with Crippen LogP contribution >= 0.6 is 0 Å². The number of esters is 1. The Kier molecular flexibility index (Phi) is 5.01. The molecular formula is C16H23NO3. The van der Waals surface area contributed by atoms with Gasteiger partial charge in [-0.2, -0.15) is 0 Å². The molecule has 1 fully saturated rings. The van der Waals surface area contributed by atoms with Crippen molar-refractivity contribution in [3.63, 3.8) is 0 Å². The Hall–Kier alpha value is -1.55. The molecule has 0 bridgehead atoms. The second-order valence-corrected chi connectivity index (χ2v) is 5.25. The highest BCUT2D eigenvalue weighted by atomic mass is 16.5. The van der Waals surface area contributed by atoms with E-state index in [1.54, 1.807) is 0 Å². The van der Waals surface area contributed by atoms with Gasteiger partial charge in [-0.1, -0.05) is 24.6 Å². The van der Waals surface area contributed by atoms with Crippen molar-refractivity contribution in [1.82, 2.24) is 5.32 Å². The number of nitrogens with one attached hydrogen (secondary N) is 1. The third kappa shape index (κ3) is 2.96. The number of hydrogen-bond acceptors (Lipinski definition) is 4. The smallest absolute Gasteiger partial charge is 0.326 e. The Morgan fingerprint density at radius 3 is 2.80 bits per heavy atom. The number of hydrogen-bond donors (Lipinski definition) is 1. The van der Waals surface area contributed by atoms with Crippen molar-refractivity contribution in [3.05, 3.63) is 30.3 Å². The van der Waals surface area contributed by atoms with Gasteiger partial charge >= 0.3 is 5.97 Å². The predicted octanol–water partition coefficient (Wildman–Crippen LogP) is 2.39. The fraction of sp³-hybridized carbons (Fsp3) is 0.562. The number of carbonyl (C=O) groups is 1. The summed E-state index contributed by atoms with van der Waals surface area (Å²) in [6, 6.07) is 9.77. The highest BCUT2D eigenvalue weighted by Gasteiger charge is 2.48. The standard InChI is InChI=1S/C16H23NO3/c1-17-16(15(18)19-2)11-6-7-13(16)10-12-20-14-8-4-3-5-9-14/h3-5,8-9,13,17H,6-7,10-12H2,1-2H3. The molecule has 2 atom stereocenters. The molecule has 1 aliphatic carbocycles. The van der Waals surface area contributed by atoms with Crippen LogP contribution in [0.2, 0.25) is 0 Å². The van der Waals surface area contributed by atoms with E-state index in [9.17, 15) is 4.79 Å². The summed E-state index contributed by atoms with van der Waals surface area (Å²) >= 11 is 0. The first-order valence-electron chi connectivity index (χ1n) is 7.18. The molecule has 2 unspecified atom stereocenters. The topological polar surface area (TPSA) is 47.6 Å². The van der Waals surface area contributed by atoms with Crippen LogP contribution < -0.4 is 10.1 Å². The highest BCUT2D eigenvalue weighted by molar-refractivity contribution is 5.81. The van der Waals surface area contributed by atoms with Crippen molar-refractivity contribution in [2.24, 2.45) is 5.92 Å². The molecule has 1 saturated carbocycles. The zero-order valence-electron chi connectivity index (χ0n) is 12.2. The van der Waals surface area contributed by atoms with E-state index in [0.29, 0.717) is 6.61 Å². The summed E-state index contributed by atoms with van der Waals surface area (Å²) in [5.74, 6) is 0.990.